The van der Waals surface area contributed by atoms with Gasteiger partial charge in [-0.15, -0.1) is 0 Å². The summed E-state index contributed by atoms with van der Waals surface area (Å²) in [5.41, 5.74) is 1.85. The monoisotopic (exact) mass is 214 g/mol. The molecule has 0 bridgehead atoms. The van der Waals surface area contributed by atoms with E-state index in [2.05, 4.69) is 0 Å². The van der Waals surface area contributed by atoms with Crippen LogP contribution in [0.25, 0.3) is 6.08 Å². The molecule has 1 saturated carbocycles. The van der Waals surface area contributed by atoms with E-state index in [1.807, 2.05) is 36.4 Å². The normalized spacial score (nSPS) is 22.6. The minimum Gasteiger partial charge on any atom is -0.303 e. The van der Waals surface area contributed by atoms with Crippen molar-refractivity contribution in [3.8, 4) is 0 Å². The fourth-order valence-electron chi connectivity index (χ4n) is 2.12. The number of aldehydes is 1. The number of carbonyl (C=O) groups is 2. The second-order valence-corrected chi connectivity index (χ2v) is 4.07. The van der Waals surface area contributed by atoms with Gasteiger partial charge in [-0.1, -0.05) is 30.3 Å². The predicted octanol–water partition coefficient (Wildman–Crippen LogP) is 2.64. The second kappa shape index (κ2) is 4.88. The van der Waals surface area contributed by atoms with Gasteiger partial charge in [-0.2, -0.15) is 0 Å². The molecule has 2 rings (SSSR count). The minimum atomic E-state index is 0.130. The zero-order valence-electron chi connectivity index (χ0n) is 9.06. The molecular formula is C14H14O2. The summed E-state index contributed by atoms with van der Waals surface area (Å²) in [6.07, 6.45) is 4.68. The molecule has 82 valence electrons. The molecule has 0 saturated heterocycles. The van der Waals surface area contributed by atoms with Crippen molar-refractivity contribution in [3.05, 3.63) is 41.5 Å². The Labute approximate surface area is 95.0 Å². The molecular weight excluding hydrogens is 200 g/mol. The Hall–Kier alpha value is -1.70. The van der Waals surface area contributed by atoms with E-state index in [9.17, 15) is 9.59 Å². The van der Waals surface area contributed by atoms with E-state index in [0.717, 1.165) is 23.8 Å². The van der Waals surface area contributed by atoms with Gasteiger partial charge in [0.1, 0.15) is 6.29 Å². The van der Waals surface area contributed by atoms with E-state index in [4.69, 9.17) is 0 Å². The fourth-order valence-corrected chi connectivity index (χ4v) is 2.12. The molecule has 1 fully saturated rings. The van der Waals surface area contributed by atoms with Gasteiger partial charge in [-0.25, -0.2) is 0 Å². The van der Waals surface area contributed by atoms with Crippen LogP contribution in [0.5, 0.6) is 0 Å². The lowest BCUT2D eigenvalue weighted by atomic mass is 9.97. The van der Waals surface area contributed by atoms with Crippen LogP contribution in [-0.4, -0.2) is 12.1 Å². The van der Waals surface area contributed by atoms with Crippen molar-refractivity contribution in [1.29, 1.82) is 0 Å². The summed E-state index contributed by atoms with van der Waals surface area (Å²) in [4.78, 5) is 22.2. The Bertz CT molecular complexity index is 418. The molecule has 0 heterocycles. The Kier molecular flexibility index (Phi) is 3.30. The van der Waals surface area contributed by atoms with Crippen molar-refractivity contribution in [2.24, 2.45) is 5.92 Å². The average molecular weight is 214 g/mol. The third-order valence-electron chi connectivity index (χ3n) is 2.98. The molecule has 1 aromatic rings. The molecule has 0 radical (unpaired) electrons. The van der Waals surface area contributed by atoms with Crippen molar-refractivity contribution in [1.82, 2.24) is 0 Å². The summed E-state index contributed by atoms with van der Waals surface area (Å²) in [5, 5.41) is 0. The number of hydrogen-bond donors (Lipinski definition) is 0. The van der Waals surface area contributed by atoms with E-state index < -0.39 is 0 Å². The largest absolute Gasteiger partial charge is 0.303 e. The maximum absolute atomic E-state index is 11.7. The maximum Gasteiger partial charge on any atom is 0.159 e. The van der Waals surface area contributed by atoms with Crippen LogP contribution in [0.4, 0.5) is 0 Å². The molecule has 0 aliphatic heterocycles. The first kappa shape index (κ1) is 10.8. The van der Waals surface area contributed by atoms with E-state index >= 15 is 0 Å². The Morgan fingerprint density at radius 3 is 2.69 bits per heavy atom. The van der Waals surface area contributed by atoms with Crippen molar-refractivity contribution < 1.29 is 9.59 Å². The number of Topliss-reactive ketones (excluding diaryl/α,β-unsaturated/α-hetero) is 1. The standard InChI is InChI=1S/C14H14O2/c15-9-8-12-6-7-14(16)13(12)10-11-4-2-1-3-5-11/h1-5,9-10,12H,6-8H2/b13-10-/t12-/m0/s1. The molecule has 1 aliphatic carbocycles. The topological polar surface area (TPSA) is 34.1 Å². The zero-order valence-corrected chi connectivity index (χ0v) is 9.06. The van der Waals surface area contributed by atoms with Gasteiger partial charge in [0.15, 0.2) is 5.78 Å². The number of ketones is 1. The van der Waals surface area contributed by atoms with Gasteiger partial charge >= 0.3 is 0 Å². The quantitative estimate of drug-likeness (QED) is 0.572. The molecule has 16 heavy (non-hydrogen) atoms. The first-order valence-electron chi connectivity index (χ1n) is 5.54. The highest BCUT2D eigenvalue weighted by Gasteiger charge is 2.27. The molecule has 0 unspecified atom stereocenters. The maximum atomic E-state index is 11.7. The van der Waals surface area contributed by atoms with E-state index in [1.54, 1.807) is 0 Å². The van der Waals surface area contributed by atoms with Crippen molar-refractivity contribution in [3.63, 3.8) is 0 Å². The summed E-state index contributed by atoms with van der Waals surface area (Å²) in [7, 11) is 0. The smallest absolute Gasteiger partial charge is 0.159 e. The van der Waals surface area contributed by atoms with Crippen LogP contribution in [-0.2, 0) is 9.59 Å². The van der Waals surface area contributed by atoms with E-state index in [-0.39, 0.29) is 11.7 Å². The summed E-state index contributed by atoms with van der Waals surface area (Å²) in [6, 6.07) is 9.77. The van der Waals surface area contributed by atoms with E-state index in [0.29, 0.717) is 12.8 Å². The van der Waals surface area contributed by atoms with Crippen molar-refractivity contribution in [2.75, 3.05) is 0 Å². The van der Waals surface area contributed by atoms with Crippen LogP contribution in [0.3, 0.4) is 0 Å². The third kappa shape index (κ3) is 2.27. The molecule has 1 aromatic carbocycles. The summed E-state index contributed by atoms with van der Waals surface area (Å²) < 4.78 is 0. The van der Waals surface area contributed by atoms with Crippen LogP contribution < -0.4 is 0 Å². The number of benzene rings is 1. The molecule has 0 amide bonds. The summed E-state index contributed by atoms with van der Waals surface area (Å²) >= 11 is 0. The van der Waals surface area contributed by atoms with Gasteiger partial charge in [0, 0.05) is 12.8 Å². The molecule has 2 nitrogen and oxygen atoms in total. The second-order valence-electron chi connectivity index (χ2n) is 4.07. The highest BCUT2D eigenvalue weighted by atomic mass is 16.1. The van der Waals surface area contributed by atoms with Gasteiger partial charge in [0.25, 0.3) is 0 Å². The van der Waals surface area contributed by atoms with E-state index in [1.165, 1.54) is 0 Å². The molecule has 2 heteroatoms. The fraction of sp³-hybridized carbons (Fsp3) is 0.286. The number of allylic oxidation sites excluding steroid dienone is 1. The van der Waals surface area contributed by atoms with Crippen LogP contribution in [0.2, 0.25) is 0 Å². The summed E-state index contributed by atoms with van der Waals surface area (Å²) in [5.74, 6) is 0.320. The first-order chi connectivity index (χ1) is 7.81. The minimum absolute atomic E-state index is 0.130. The number of hydrogen-bond acceptors (Lipinski definition) is 2. The Morgan fingerprint density at radius 2 is 2.00 bits per heavy atom. The van der Waals surface area contributed by atoms with Crippen LogP contribution in [0.15, 0.2) is 35.9 Å². The van der Waals surface area contributed by atoms with Gasteiger partial charge < -0.3 is 4.79 Å². The lowest BCUT2D eigenvalue weighted by Crippen LogP contribution is -2.01. The highest BCUT2D eigenvalue weighted by Crippen LogP contribution is 2.31. The Balaban J connectivity index is 2.26. The van der Waals surface area contributed by atoms with Gasteiger partial charge in [0.05, 0.1) is 0 Å². The molecule has 1 atom stereocenters. The van der Waals surface area contributed by atoms with Crippen LogP contribution in [0.1, 0.15) is 24.8 Å². The third-order valence-corrected chi connectivity index (χ3v) is 2.98. The lowest BCUT2D eigenvalue weighted by molar-refractivity contribution is -0.114. The van der Waals surface area contributed by atoms with Gasteiger partial charge in [0.2, 0.25) is 0 Å². The average Bonchev–Trinajstić information content (AvgIpc) is 2.64. The van der Waals surface area contributed by atoms with Crippen LogP contribution >= 0.6 is 0 Å². The van der Waals surface area contributed by atoms with Crippen molar-refractivity contribution >= 4 is 18.1 Å². The molecule has 1 aliphatic rings. The number of carbonyl (C=O) groups excluding carboxylic acids is 2. The lowest BCUT2D eigenvalue weighted by Gasteiger charge is -2.06. The first-order valence-corrected chi connectivity index (χ1v) is 5.54. The SMILES string of the molecule is O=CC[C@@H]1CCC(=O)/C1=C\c1ccccc1. The summed E-state index contributed by atoms with van der Waals surface area (Å²) in [6.45, 7) is 0. The molecule has 0 spiro atoms. The van der Waals surface area contributed by atoms with Gasteiger partial charge in [-0.05, 0) is 29.6 Å². The molecule has 0 N–H and O–H groups in total. The molecule has 0 aromatic heterocycles. The van der Waals surface area contributed by atoms with Crippen molar-refractivity contribution in [2.45, 2.75) is 19.3 Å². The van der Waals surface area contributed by atoms with Gasteiger partial charge in [-0.3, -0.25) is 4.79 Å². The predicted molar refractivity (Wildman–Crippen MR) is 62.8 cm³/mol. The number of rotatable bonds is 3. The van der Waals surface area contributed by atoms with Crippen LogP contribution in [0, 0.1) is 5.92 Å². The Morgan fingerprint density at radius 1 is 1.25 bits per heavy atom. The zero-order chi connectivity index (χ0) is 11.4. The highest BCUT2D eigenvalue weighted by molar-refractivity contribution is 6.02.